The molecule has 24 heavy (non-hydrogen) atoms. The number of aromatic nitrogens is 2. The first-order valence-corrected chi connectivity index (χ1v) is 8.20. The van der Waals surface area contributed by atoms with Gasteiger partial charge in [-0.3, -0.25) is 14.4 Å². The number of rotatable bonds is 4. The van der Waals surface area contributed by atoms with E-state index in [0.717, 1.165) is 29.9 Å². The Labute approximate surface area is 142 Å². The zero-order chi connectivity index (χ0) is 17.3. The fraction of sp³-hybridized carbons (Fsp3) is 0.368. The fourth-order valence-corrected chi connectivity index (χ4v) is 3.48. The average Bonchev–Trinajstić information content (AvgIpc) is 2.83. The second kappa shape index (κ2) is 6.61. The zero-order valence-electron chi connectivity index (χ0n) is 14.4. The zero-order valence-corrected chi connectivity index (χ0v) is 14.4. The van der Waals surface area contributed by atoms with Crippen LogP contribution in [0.1, 0.15) is 35.0 Å². The molecule has 1 aliphatic heterocycles. The van der Waals surface area contributed by atoms with Crippen LogP contribution >= 0.6 is 0 Å². The largest absolute Gasteiger partial charge is 0.480 e. The van der Waals surface area contributed by atoms with E-state index in [-0.39, 0.29) is 0 Å². The van der Waals surface area contributed by atoms with Crippen LogP contribution in [0.25, 0.3) is 5.57 Å². The molecule has 0 spiro atoms. The van der Waals surface area contributed by atoms with Gasteiger partial charge in [0.25, 0.3) is 0 Å². The van der Waals surface area contributed by atoms with E-state index >= 15 is 0 Å². The number of nitrogens with zero attached hydrogens (tertiary/aromatic N) is 3. The van der Waals surface area contributed by atoms with Crippen molar-refractivity contribution in [3.8, 4) is 0 Å². The molecule has 0 aliphatic carbocycles. The molecular formula is C19H23N3O2. The number of carboxylic acids is 1. The number of aryl methyl sites for hydroxylation is 2. The molecule has 1 N–H and O–H groups in total. The second-order valence-corrected chi connectivity index (χ2v) is 6.29. The Morgan fingerprint density at radius 2 is 1.96 bits per heavy atom. The van der Waals surface area contributed by atoms with Crippen molar-refractivity contribution in [2.24, 2.45) is 7.05 Å². The Bertz CT molecular complexity index is 777. The summed E-state index contributed by atoms with van der Waals surface area (Å²) >= 11 is 0. The van der Waals surface area contributed by atoms with E-state index in [0.29, 0.717) is 6.54 Å². The van der Waals surface area contributed by atoms with Gasteiger partial charge in [-0.2, -0.15) is 5.10 Å². The lowest BCUT2D eigenvalue weighted by molar-refractivity contribution is -0.143. The number of aliphatic carboxylic acids is 1. The third-order valence-electron chi connectivity index (χ3n) is 4.82. The van der Waals surface area contributed by atoms with Crippen LogP contribution in [0.15, 0.2) is 36.4 Å². The molecule has 0 saturated heterocycles. The molecule has 1 atom stereocenters. The molecule has 0 radical (unpaired) electrons. The van der Waals surface area contributed by atoms with Crippen molar-refractivity contribution >= 4 is 11.5 Å². The molecule has 0 fully saturated rings. The van der Waals surface area contributed by atoms with Crippen LogP contribution in [-0.2, 0) is 11.8 Å². The Balaban J connectivity index is 1.87. The van der Waals surface area contributed by atoms with Crippen LogP contribution in [0, 0.1) is 13.8 Å². The highest BCUT2D eigenvalue weighted by atomic mass is 16.4. The summed E-state index contributed by atoms with van der Waals surface area (Å²) in [5.74, 6) is -0.814. The third-order valence-corrected chi connectivity index (χ3v) is 4.82. The van der Waals surface area contributed by atoms with E-state index < -0.39 is 12.0 Å². The van der Waals surface area contributed by atoms with Gasteiger partial charge in [-0.05, 0) is 31.4 Å². The van der Waals surface area contributed by atoms with Gasteiger partial charge < -0.3 is 5.11 Å². The predicted octanol–water partition coefficient (Wildman–Crippen LogP) is 2.95. The lowest BCUT2D eigenvalue weighted by Gasteiger charge is -2.32. The van der Waals surface area contributed by atoms with Crippen LogP contribution in [0.3, 0.4) is 0 Å². The van der Waals surface area contributed by atoms with Crippen LogP contribution in [0.5, 0.6) is 0 Å². The highest BCUT2D eigenvalue weighted by molar-refractivity contribution is 5.77. The summed E-state index contributed by atoms with van der Waals surface area (Å²) < 4.78 is 1.76. The van der Waals surface area contributed by atoms with Crippen molar-refractivity contribution < 1.29 is 9.90 Å². The quantitative estimate of drug-likeness (QED) is 0.939. The molecule has 126 valence electrons. The topological polar surface area (TPSA) is 58.4 Å². The molecule has 5 nitrogen and oxygen atoms in total. The van der Waals surface area contributed by atoms with E-state index in [9.17, 15) is 9.90 Å². The molecule has 2 aromatic rings. The summed E-state index contributed by atoms with van der Waals surface area (Å²) in [7, 11) is 1.86. The SMILES string of the molecule is Cc1nn(C)c(C)c1[C@@H](C(=O)O)N1CC=C(c2ccccc2)CC1. The molecule has 1 aliphatic rings. The van der Waals surface area contributed by atoms with Crippen LogP contribution in [0.2, 0.25) is 0 Å². The molecule has 0 amide bonds. The summed E-state index contributed by atoms with van der Waals surface area (Å²) in [6, 6.07) is 9.63. The van der Waals surface area contributed by atoms with Crippen molar-refractivity contribution in [3.05, 3.63) is 58.9 Å². The molecule has 2 heterocycles. The standard InChI is InChI=1S/C19H23N3O2/c1-13-17(14(2)21(3)20-13)18(19(23)24)22-11-9-16(10-12-22)15-7-5-4-6-8-15/h4-9,18H,10-12H2,1-3H3,(H,23,24)/t18-/m0/s1. The fourth-order valence-electron chi connectivity index (χ4n) is 3.48. The number of benzene rings is 1. The molecular weight excluding hydrogens is 302 g/mol. The maximum Gasteiger partial charge on any atom is 0.325 e. The molecule has 0 bridgehead atoms. The maximum absolute atomic E-state index is 12.0. The lowest BCUT2D eigenvalue weighted by Crippen LogP contribution is -2.37. The lowest BCUT2D eigenvalue weighted by atomic mass is 9.96. The Morgan fingerprint density at radius 3 is 2.46 bits per heavy atom. The number of carbonyl (C=O) groups is 1. The summed E-state index contributed by atoms with van der Waals surface area (Å²) in [6.07, 6.45) is 3.00. The first kappa shape index (κ1) is 16.5. The van der Waals surface area contributed by atoms with Crippen LogP contribution in [0.4, 0.5) is 0 Å². The van der Waals surface area contributed by atoms with E-state index in [4.69, 9.17) is 0 Å². The van der Waals surface area contributed by atoms with E-state index in [2.05, 4.69) is 23.3 Å². The van der Waals surface area contributed by atoms with Gasteiger partial charge in [0.15, 0.2) is 0 Å². The molecule has 1 aromatic carbocycles. The van der Waals surface area contributed by atoms with Gasteiger partial charge in [-0.1, -0.05) is 36.4 Å². The van der Waals surface area contributed by atoms with Crippen molar-refractivity contribution in [1.29, 1.82) is 0 Å². The monoisotopic (exact) mass is 325 g/mol. The van der Waals surface area contributed by atoms with Crippen molar-refractivity contribution in [2.45, 2.75) is 26.3 Å². The first-order valence-electron chi connectivity index (χ1n) is 8.20. The first-order chi connectivity index (χ1) is 11.5. The van der Waals surface area contributed by atoms with Crippen molar-refractivity contribution in [2.75, 3.05) is 13.1 Å². The van der Waals surface area contributed by atoms with Gasteiger partial charge >= 0.3 is 5.97 Å². The molecule has 1 aromatic heterocycles. The number of hydrogen-bond donors (Lipinski definition) is 1. The summed E-state index contributed by atoms with van der Waals surface area (Å²) in [6.45, 7) is 5.17. The normalized spacial score (nSPS) is 16.7. The Hall–Kier alpha value is -2.40. The van der Waals surface area contributed by atoms with E-state index in [1.807, 2.05) is 44.0 Å². The summed E-state index contributed by atoms with van der Waals surface area (Å²) in [4.78, 5) is 14.0. The van der Waals surface area contributed by atoms with Crippen molar-refractivity contribution in [1.82, 2.24) is 14.7 Å². The average molecular weight is 325 g/mol. The Kier molecular flexibility index (Phi) is 4.53. The van der Waals surface area contributed by atoms with E-state index in [1.54, 1.807) is 4.68 Å². The highest BCUT2D eigenvalue weighted by Gasteiger charge is 2.33. The second-order valence-electron chi connectivity index (χ2n) is 6.29. The summed E-state index contributed by atoms with van der Waals surface area (Å²) in [5.41, 5.74) is 5.04. The minimum absolute atomic E-state index is 0.634. The van der Waals surface area contributed by atoms with Crippen molar-refractivity contribution in [3.63, 3.8) is 0 Å². The summed E-state index contributed by atoms with van der Waals surface area (Å²) in [5, 5.41) is 14.2. The van der Waals surface area contributed by atoms with Gasteiger partial charge in [-0.25, -0.2) is 0 Å². The van der Waals surface area contributed by atoms with Gasteiger partial charge in [0.1, 0.15) is 6.04 Å². The maximum atomic E-state index is 12.0. The van der Waals surface area contributed by atoms with E-state index in [1.165, 1.54) is 11.1 Å². The van der Waals surface area contributed by atoms with Gasteiger partial charge in [-0.15, -0.1) is 0 Å². The van der Waals surface area contributed by atoms with Gasteiger partial charge in [0.2, 0.25) is 0 Å². The van der Waals surface area contributed by atoms with Crippen LogP contribution < -0.4 is 0 Å². The predicted molar refractivity (Wildman–Crippen MR) is 93.7 cm³/mol. The minimum atomic E-state index is -0.814. The molecule has 0 unspecified atom stereocenters. The third kappa shape index (κ3) is 2.99. The molecule has 5 heteroatoms. The van der Waals surface area contributed by atoms with Gasteiger partial charge in [0.05, 0.1) is 5.69 Å². The smallest absolute Gasteiger partial charge is 0.325 e. The molecule has 3 rings (SSSR count). The minimum Gasteiger partial charge on any atom is -0.480 e. The molecule has 0 saturated carbocycles. The van der Waals surface area contributed by atoms with Crippen LogP contribution in [-0.4, -0.2) is 38.8 Å². The highest BCUT2D eigenvalue weighted by Crippen LogP contribution is 2.31. The Morgan fingerprint density at radius 1 is 1.25 bits per heavy atom. The number of carboxylic acid groups (broad SMARTS) is 1. The van der Waals surface area contributed by atoms with Gasteiger partial charge in [0, 0.05) is 31.4 Å². The number of hydrogen-bond acceptors (Lipinski definition) is 3.